The zero-order valence-corrected chi connectivity index (χ0v) is 18.2. The topological polar surface area (TPSA) is 118 Å². The summed E-state index contributed by atoms with van der Waals surface area (Å²) in [6.45, 7) is 4.01. The fraction of sp³-hybridized carbons (Fsp3) is 0.444. The van der Waals surface area contributed by atoms with Crippen molar-refractivity contribution in [2.45, 2.75) is 17.9 Å². The van der Waals surface area contributed by atoms with Crippen LogP contribution in [-0.4, -0.2) is 60.8 Å². The van der Waals surface area contributed by atoms with Crippen LogP contribution in [0, 0.1) is 12.7 Å². The summed E-state index contributed by atoms with van der Waals surface area (Å²) in [4.78, 5) is 1.47. The molecule has 2 N–H and O–H groups in total. The Labute approximate surface area is 175 Å². The van der Waals surface area contributed by atoms with Crippen LogP contribution in [0.25, 0.3) is 0 Å². The summed E-state index contributed by atoms with van der Waals surface area (Å²) in [5.41, 5.74) is -0.0637. The highest BCUT2D eigenvalue weighted by Crippen LogP contribution is 2.25. The molecule has 9 nitrogen and oxygen atoms in total. The van der Waals surface area contributed by atoms with Crippen molar-refractivity contribution >= 4 is 25.7 Å². The van der Waals surface area contributed by atoms with Gasteiger partial charge in [0.25, 0.3) is 0 Å². The molecule has 0 amide bonds. The molecule has 1 aliphatic rings. The van der Waals surface area contributed by atoms with E-state index in [-0.39, 0.29) is 18.3 Å². The van der Waals surface area contributed by atoms with Crippen LogP contribution < -0.4 is 9.44 Å². The summed E-state index contributed by atoms with van der Waals surface area (Å²) >= 11 is 0. The smallest absolute Gasteiger partial charge is 0.243 e. The third-order valence-corrected chi connectivity index (χ3v) is 6.63. The van der Waals surface area contributed by atoms with Crippen LogP contribution in [0.5, 0.6) is 0 Å². The van der Waals surface area contributed by atoms with Crippen molar-refractivity contribution in [1.29, 1.82) is 0 Å². The minimum absolute atomic E-state index is 0.0297. The molecule has 2 heterocycles. The second-order valence-electron chi connectivity index (χ2n) is 6.98. The molecular formula is C18H24FN3O6S2. The van der Waals surface area contributed by atoms with Gasteiger partial charge < -0.3 is 9.15 Å². The number of nitrogens with zero attached hydrogens (tertiary/aromatic N) is 1. The maximum Gasteiger partial charge on any atom is 0.243 e. The lowest BCUT2D eigenvalue weighted by atomic mass is 10.2. The number of anilines is 1. The van der Waals surface area contributed by atoms with E-state index in [0.29, 0.717) is 37.8 Å². The molecule has 0 bridgehead atoms. The van der Waals surface area contributed by atoms with Gasteiger partial charge in [-0.3, -0.25) is 9.62 Å². The van der Waals surface area contributed by atoms with Crippen LogP contribution in [0.1, 0.15) is 17.6 Å². The highest BCUT2D eigenvalue weighted by molar-refractivity contribution is 7.92. The van der Waals surface area contributed by atoms with Gasteiger partial charge in [0.05, 0.1) is 31.2 Å². The molecule has 0 radical (unpaired) electrons. The van der Waals surface area contributed by atoms with E-state index < -0.39 is 30.8 Å². The molecule has 1 atom stereocenters. The molecule has 1 aliphatic heterocycles. The van der Waals surface area contributed by atoms with Crippen LogP contribution in [0.3, 0.4) is 0 Å². The van der Waals surface area contributed by atoms with Crippen molar-refractivity contribution in [2.75, 3.05) is 43.8 Å². The zero-order chi connectivity index (χ0) is 21.9. The Morgan fingerprint density at radius 3 is 2.40 bits per heavy atom. The van der Waals surface area contributed by atoms with Gasteiger partial charge >= 0.3 is 0 Å². The van der Waals surface area contributed by atoms with Crippen LogP contribution >= 0.6 is 0 Å². The predicted octanol–water partition coefficient (Wildman–Crippen LogP) is 1.45. The number of ether oxygens (including phenoxy) is 1. The summed E-state index contributed by atoms with van der Waals surface area (Å²) in [6.07, 6.45) is 0.916. The summed E-state index contributed by atoms with van der Waals surface area (Å²) in [6, 6.07) is 6.23. The first-order chi connectivity index (χ1) is 14.0. The lowest BCUT2D eigenvalue weighted by Gasteiger charge is -2.33. The quantitative estimate of drug-likeness (QED) is 0.611. The number of sulfonamides is 2. The van der Waals surface area contributed by atoms with Crippen molar-refractivity contribution in [3.63, 3.8) is 0 Å². The summed E-state index contributed by atoms with van der Waals surface area (Å²) < 4.78 is 78.0. The second kappa shape index (κ2) is 9.02. The summed E-state index contributed by atoms with van der Waals surface area (Å²) in [5.74, 6) is 0.240. The van der Waals surface area contributed by atoms with Crippen molar-refractivity contribution < 1.29 is 30.4 Å². The minimum atomic E-state index is -4.19. The molecule has 2 aromatic rings. The summed E-state index contributed by atoms with van der Waals surface area (Å²) in [5, 5.41) is 0. The first-order valence-corrected chi connectivity index (χ1v) is 12.6. The standard InChI is InChI=1S/C18H24FN3O6S2/c1-13-3-5-17(28-13)16(22-7-9-27-10-8-22)12-20-30(25,26)18-6-4-14(11-15(18)19)21-29(2,23)24/h3-6,11,16,20-21H,7-10,12H2,1-2H3. The lowest BCUT2D eigenvalue weighted by molar-refractivity contribution is 0.0127. The van der Waals surface area contributed by atoms with Crippen LogP contribution in [0.4, 0.5) is 10.1 Å². The van der Waals surface area contributed by atoms with E-state index in [2.05, 4.69) is 9.44 Å². The minimum Gasteiger partial charge on any atom is -0.465 e. The second-order valence-corrected chi connectivity index (χ2v) is 10.5. The zero-order valence-electron chi connectivity index (χ0n) is 16.6. The normalized spacial score (nSPS) is 17.0. The molecule has 1 fully saturated rings. The van der Waals surface area contributed by atoms with Gasteiger partial charge in [-0.05, 0) is 37.3 Å². The fourth-order valence-corrected chi connectivity index (χ4v) is 4.84. The molecule has 1 unspecified atom stereocenters. The van der Waals surface area contributed by atoms with Gasteiger partial charge in [0.2, 0.25) is 20.0 Å². The van der Waals surface area contributed by atoms with E-state index in [0.717, 1.165) is 18.4 Å². The van der Waals surface area contributed by atoms with E-state index in [1.165, 1.54) is 6.07 Å². The number of furan rings is 1. The average Bonchev–Trinajstić information content (AvgIpc) is 3.07. The molecule has 12 heteroatoms. The van der Waals surface area contributed by atoms with Gasteiger partial charge in [0.15, 0.2) is 0 Å². The fourth-order valence-electron chi connectivity index (χ4n) is 3.19. The number of benzene rings is 1. The third-order valence-electron chi connectivity index (χ3n) is 4.57. The molecule has 0 aliphatic carbocycles. The largest absolute Gasteiger partial charge is 0.465 e. The number of rotatable bonds is 8. The first-order valence-electron chi connectivity index (χ1n) is 9.20. The van der Waals surface area contributed by atoms with Crippen LogP contribution in [0.2, 0.25) is 0 Å². The Bertz CT molecular complexity index is 1090. The Morgan fingerprint density at radius 2 is 1.83 bits per heavy atom. The van der Waals surface area contributed by atoms with Gasteiger partial charge in [-0.25, -0.2) is 25.9 Å². The molecule has 1 aromatic carbocycles. The maximum absolute atomic E-state index is 14.4. The highest BCUT2D eigenvalue weighted by atomic mass is 32.2. The predicted molar refractivity (Wildman–Crippen MR) is 109 cm³/mol. The molecule has 1 aromatic heterocycles. The van der Waals surface area contributed by atoms with Gasteiger partial charge in [-0.15, -0.1) is 0 Å². The molecule has 3 rings (SSSR count). The van der Waals surface area contributed by atoms with Crippen LogP contribution in [0.15, 0.2) is 39.6 Å². The van der Waals surface area contributed by atoms with E-state index in [9.17, 15) is 21.2 Å². The number of nitrogens with one attached hydrogen (secondary N) is 2. The van der Waals surface area contributed by atoms with E-state index >= 15 is 0 Å². The number of aryl methyl sites for hydroxylation is 1. The molecule has 0 saturated carbocycles. The Kier molecular flexibility index (Phi) is 6.82. The maximum atomic E-state index is 14.4. The number of hydrogen-bond acceptors (Lipinski definition) is 7. The number of hydrogen-bond donors (Lipinski definition) is 2. The van der Waals surface area contributed by atoms with Gasteiger partial charge in [0, 0.05) is 19.6 Å². The Morgan fingerprint density at radius 1 is 1.13 bits per heavy atom. The van der Waals surface area contributed by atoms with E-state index in [4.69, 9.17) is 9.15 Å². The lowest BCUT2D eigenvalue weighted by Crippen LogP contribution is -2.43. The number of halogens is 1. The number of morpholine rings is 1. The molecule has 0 spiro atoms. The molecule has 166 valence electrons. The SMILES string of the molecule is Cc1ccc(C(CNS(=O)(=O)c2ccc(NS(C)(=O)=O)cc2F)N2CCOCC2)o1. The van der Waals surface area contributed by atoms with Crippen molar-refractivity contribution in [3.8, 4) is 0 Å². The first kappa shape index (κ1) is 22.7. The highest BCUT2D eigenvalue weighted by Gasteiger charge is 2.28. The average molecular weight is 462 g/mol. The van der Waals surface area contributed by atoms with Gasteiger partial charge in [0.1, 0.15) is 22.2 Å². The molecule has 30 heavy (non-hydrogen) atoms. The van der Waals surface area contributed by atoms with Gasteiger partial charge in [-0.2, -0.15) is 0 Å². The third kappa shape index (κ3) is 5.79. The summed E-state index contributed by atoms with van der Waals surface area (Å²) in [7, 11) is -7.80. The van der Waals surface area contributed by atoms with Crippen molar-refractivity contribution in [2.24, 2.45) is 0 Å². The van der Waals surface area contributed by atoms with Crippen molar-refractivity contribution in [1.82, 2.24) is 9.62 Å². The monoisotopic (exact) mass is 461 g/mol. The Balaban J connectivity index is 1.79. The van der Waals surface area contributed by atoms with E-state index in [1.807, 2.05) is 4.90 Å². The van der Waals surface area contributed by atoms with Gasteiger partial charge in [-0.1, -0.05) is 0 Å². The molecular weight excluding hydrogens is 437 g/mol. The van der Waals surface area contributed by atoms with Crippen molar-refractivity contribution in [3.05, 3.63) is 47.7 Å². The Hall–Kier alpha value is -1.99. The van der Waals surface area contributed by atoms with E-state index in [1.54, 1.807) is 19.1 Å². The van der Waals surface area contributed by atoms with Crippen LogP contribution in [-0.2, 0) is 24.8 Å². The molecule has 1 saturated heterocycles.